The van der Waals surface area contributed by atoms with Crippen LogP contribution in [0.4, 0.5) is 0 Å². The summed E-state index contributed by atoms with van der Waals surface area (Å²) in [6.07, 6.45) is 0. The predicted molar refractivity (Wildman–Crippen MR) is 68.3 cm³/mol. The van der Waals surface area contributed by atoms with Gasteiger partial charge in [0.15, 0.2) is 0 Å². The highest BCUT2D eigenvalue weighted by Gasteiger charge is 2.02. The van der Waals surface area contributed by atoms with Crippen LogP contribution in [-0.4, -0.2) is 6.61 Å². The van der Waals surface area contributed by atoms with E-state index < -0.39 is 0 Å². The maximum Gasteiger partial charge on any atom is 0.119 e. The molecule has 1 rings (SSSR count). The van der Waals surface area contributed by atoms with Gasteiger partial charge >= 0.3 is 0 Å². The SMILES string of the molecule is CCOc1ccc(C)c(/C(S)=C/S)c1. The van der Waals surface area contributed by atoms with Crippen molar-refractivity contribution in [3.8, 4) is 5.75 Å². The van der Waals surface area contributed by atoms with E-state index in [1.807, 2.05) is 32.0 Å². The first-order chi connectivity index (χ1) is 6.69. The highest BCUT2D eigenvalue weighted by atomic mass is 32.1. The lowest BCUT2D eigenvalue weighted by molar-refractivity contribution is 0.340. The Labute approximate surface area is 96.0 Å². The number of hydrogen-bond acceptors (Lipinski definition) is 3. The van der Waals surface area contributed by atoms with E-state index in [1.54, 1.807) is 5.41 Å². The van der Waals surface area contributed by atoms with Gasteiger partial charge in [-0.3, -0.25) is 0 Å². The summed E-state index contributed by atoms with van der Waals surface area (Å²) in [5.74, 6) is 0.870. The first kappa shape index (κ1) is 11.5. The van der Waals surface area contributed by atoms with Crippen LogP contribution in [0.2, 0.25) is 0 Å². The van der Waals surface area contributed by atoms with Gasteiger partial charge < -0.3 is 4.74 Å². The summed E-state index contributed by atoms with van der Waals surface area (Å²) in [6.45, 7) is 4.68. The fraction of sp³-hybridized carbons (Fsp3) is 0.273. The summed E-state index contributed by atoms with van der Waals surface area (Å²) in [4.78, 5) is 0.854. The highest BCUT2D eigenvalue weighted by molar-refractivity contribution is 7.92. The third-order valence-corrected chi connectivity index (χ3v) is 2.75. The maximum absolute atomic E-state index is 5.41. The molecule has 0 aliphatic rings. The molecule has 0 aliphatic heterocycles. The van der Waals surface area contributed by atoms with Gasteiger partial charge in [-0.05, 0) is 42.5 Å². The van der Waals surface area contributed by atoms with Crippen molar-refractivity contribution in [1.29, 1.82) is 0 Å². The molecular weight excluding hydrogens is 212 g/mol. The monoisotopic (exact) mass is 226 g/mol. The largest absolute Gasteiger partial charge is 0.494 e. The van der Waals surface area contributed by atoms with Crippen LogP contribution in [0.1, 0.15) is 18.1 Å². The Morgan fingerprint density at radius 2 is 2.21 bits per heavy atom. The lowest BCUT2D eigenvalue weighted by atomic mass is 10.1. The summed E-state index contributed by atoms with van der Waals surface area (Å²) >= 11 is 8.42. The number of ether oxygens (including phenoxy) is 1. The van der Waals surface area contributed by atoms with Crippen LogP contribution in [0.3, 0.4) is 0 Å². The van der Waals surface area contributed by atoms with Gasteiger partial charge in [0.25, 0.3) is 0 Å². The highest BCUT2D eigenvalue weighted by Crippen LogP contribution is 2.26. The molecule has 0 unspecified atom stereocenters. The average Bonchev–Trinajstić information content (AvgIpc) is 2.20. The number of thiol groups is 2. The van der Waals surface area contributed by atoms with Crippen molar-refractivity contribution in [2.75, 3.05) is 6.61 Å². The zero-order valence-electron chi connectivity index (χ0n) is 8.32. The van der Waals surface area contributed by atoms with Gasteiger partial charge in [-0.15, -0.1) is 12.6 Å². The van der Waals surface area contributed by atoms with Gasteiger partial charge in [0.1, 0.15) is 5.75 Å². The van der Waals surface area contributed by atoms with Crippen LogP contribution < -0.4 is 4.74 Å². The molecule has 0 aliphatic carbocycles. The molecule has 1 aromatic rings. The molecule has 3 heteroatoms. The van der Waals surface area contributed by atoms with Crippen LogP contribution in [0.5, 0.6) is 5.75 Å². The second kappa shape index (κ2) is 5.37. The van der Waals surface area contributed by atoms with Crippen molar-refractivity contribution in [2.24, 2.45) is 0 Å². The summed E-state index contributed by atoms with van der Waals surface area (Å²) in [7, 11) is 0. The van der Waals surface area contributed by atoms with E-state index in [-0.39, 0.29) is 0 Å². The first-order valence-corrected chi connectivity index (χ1v) is 5.42. The molecule has 0 fully saturated rings. The second-order valence-electron chi connectivity index (χ2n) is 2.92. The molecule has 0 radical (unpaired) electrons. The standard InChI is InChI=1S/C11H14OS2/c1-3-12-9-5-4-8(2)10(6-9)11(14)7-13/h4-7,13-14H,3H2,1-2H3/b11-7-. The Hall–Kier alpha value is -0.540. The molecule has 0 N–H and O–H groups in total. The van der Waals surface area contributed by atoms with Crippen LogP contribution in [0.15, 0.2) is 23.6 Å². The summed E-state index contributed by atoms with van der Waals surface area (Å²) in [5, 5.41) is 1.68. The van der Waals surface area contributed by atoms with Gasteiger partial charge in [0, 0.05) is 4.91 Å². The minimum atomic E-state index is 0.676. The Balaban J connectivity index is 3.08. The normalized spacial score (nSPS) is 11.6. The lowest BCUT2D eigenvalue weighted by Gasteiger charge is -2.08. The second-order valence-corrected chi connectivity index (χ2v) is 3.66. The molecular formula is C11H14OS2. The molecule has 1 aromatic carbocycles. The Morgan fingerprint density at radius 3 is 2.79 bits per heavy atom. The van der Waals surface area contributed by atoms with Gasteiger partial charge in [0.05, 0.1) is 6.61 Å². The van der Waals surface area contributed by atoms with Crippen molar-refractivity contribution in [3.63, 3.8) is 0 Å². The van der Waals surface area contributed by atoms with Crippen molar-refractivity contribution in [1.82, 2.24) is 0 Å². The first-order valence-electron chi connectivity index (χ1n) is 4.46. The minimum absolute atomic E-state index is 0.676. The molecule has 0 spiro atoms. The topological polar surface area (TPSA) is 9.23 Å². The summed E-state index contributed by atoms with van der Waals surface area (Å²) in [5.41, 5.74) is 2.23. The third-order valence-electron chi connectivity index (χ3n) is 1.92. The van der Waals surface area contributed by atoms with Crippen molar-refractivity contribution in [2.45, 2.75) is 13.8 Å². The van der Waals surface area contributed by atoms with E-state index in [1.165, 1.54) is 5.56 Å². The van der Waals surface area contributed by atoms with E-state index in [0.717, 1.165) is 16.2 Å². The van der Waals surface area contributed by atoms with Crippen molar-refractivity contribution < 1.29 is 4.74 Å². The van der Waals surface area contributed by atoms with E-state index in [4.69, 9.17) is 4.74 Å². The molecule has 1 nitrogen and oxygen atoms in total. The zero-order valence-corrected chi connectivity index (χ0v) is 10.1. The Morgan fingerprint density at radius 1 is 1.50 bits per heavy atom. The molecule has 0 saturated carbocycles. The van der Waals surface area contributed by atoms with Crippen LogP contribution in [-0.2, 0) is 0 Å². The van der Waals surface area contributed by atoms with E-state index in [2.05, 4.69) is 25.3 Å². The van der Waals surface area contributed by atoms with Crippen LogP contribution in [0.25, 0.3) is 4.91 Å². The fourth-order valence-corrected chi connectivity index (χ4v) is 1.58. The predicted octanol–water partition coefficient (Wildman–Crippen LogP) is 3.55. The smallest absolute Gasteiger partial charge is 0.119 e. The molecule has 76 valence electrons. The summed E-state index contributed by atoms with van der Waals surface area (Å²) in [6, 6.07) is 5.96. The Kier molecular flexibility index (Phi) is 4.42. The molecule has 0 aromatic heterocycles. The third kappa shape index (κ3) is 2.72. The molecule has 0 heterocycles. The average molecular weight is 226 g/mol. The van der Waals surface area contributed by atoms with Gasteiger partial charge in [-0.25, -0.2) is 0 Å². The number of hydrogen-bond donors (Lipinski definition) is 2. The zero-order chi connectivity index (χ0) is 10.6. The van der Waals surface area contributed by atoms with E-state index in [9.17, 15) is 0 Å². The van der Waals surface area contributed by atoms with Crippen LogP contribution in [0, 0.1) is 6.92 Å². The van der Waals surface area contributed by atoms with E-state index in [0.29, 0.717) is 6.61 Å². The van der Waals surface area contributed by atoms with Crippen molar-refractivity contribution in [3.05, 3.63) is 34.7 Å². The van der Waals surface area contributed by atoms with Gasteiger partial charge in [-0.2, -0.15) is 12.6 Å². The number of benzene rings is 1. The molecule has 0 amide bonds. The Bertz CT molecular complexity index is 345. The molecule has 0 atom stereocenters. The quantitative estimate of drug-likeness (QED) is 0.749. The number of rotatable bonds is 3. The molecule has 14 heavy (non-hydrogen) atoms. The minimum Gasteiger partial charge on any atom is -0.494 e. The van der Waals surface area contributed by atoms with Gasteiger partial charge in [0.2, 0.25) is 0 Å². The van der Waals surface area contributed by atoms with Crippen LogP contribution >= 0.6 is 25.3 Å². The maximum atomic E-state index is 5.41. The fourth-order valence-electron chi connectivity index (χ4n) is 1.20. The summed E-state index contributed by atoms with van der Waals surface area (Å²) < 4.78 is 5.41. The molecule has 0 bridgehead atoms. The number of aryl methyl sites for hydroxylation is 1. The van der Waals surface area contributed by atoms with E-state index >= 15 is 0 Å². The van der Waals surface area contributed by atoms with Gasteiger partial charge in [-0.1, -0.05) is 6.07 Å². The molecule has 0 saturated heterocycles. The lowest BCUT2D eigenvalue weighted by Crippen LogP contribution is -1.93. The van der Waals surface area contributed by atoms with Crippen molar-refractivity contribution >= 4 is 30.2 Å².